The maximum atomic E-state index is 13.9. The van der Waals surface area contributed by atoms with Gasteiger partial charge in [-0.05, 0) is 62.5 Å². The molecule has 0 atom stereocenters. The van der Waals surface area contributed by atoms with Gasteiger partial charge in [0.05, 0.1) is 19.5 Å². The summed E-state index contributed by atoms with van der Waals surface area (Å²) in [4.78, 5) is 1.23. The van der Waals surface area contributed by atoms with E-state index in [0.717, 1.165) is 10.2 Å². The van der Waals surface area contributed by atoms with Crippen LogP contribution in [0.2, 0.25) is 0 Å². The molecular formula is C13H9Br2FN2S. The zero-order chi connectivity index (χ0) is 13.8. The molecule has 0 fully saturated rings. The van der Waals surface area contributed by atoms with Crippen LogP contribution < -0.4 is 5.32 Å². The van der Waals surface area contributed by atoms with Crippen LogP contribution in [0.25, 0.3) is 0 Å². The maximum absolute atomic E-state index is 13.9. The lowest BCUT2D eigenvalue weighted by molar-refractivity contribution is 0.623. The molecule has 0 bridgehead atoms. The number of anilines is 1. The minimum atomic E-state index is -0.425. The Morgan fingerprint density at radius 3 is 2.68 bits per heavy atom. The third-order valence-corrected chi connectivity index (χ3v) is 4.98. The predicted octanol–water partition coefficient (Wildman–Crippen LogP) is 4.94. The molecular weight excluding hydrogens is 395 g/mol. The quantitative estimate of drug-likeness (QED) is 0.784. The van der Waals surface area contributed by atoms with Gasteiger partial charge in [-0.1, -0.05) is 0 Å². The van der Waals surface area contributed by atoms with E-state index < -0.39 is 5.82 Å². The van der Waals surface area contributed by atoms with Gasteiger partial charge in [0.15, 0.2) is 5.82 Å². The third kappa shape index (κ3) is 3.56. The van der Waals surface area contributed by atoms with Crippen LogP contribution in [0.5, 0.6) is 0 Å². The second-order valence-electron chi connectivity index (χ2n) is 3.78. The van der Waals surface area contributed by atoms with Crippen molar-refractivity contribution in [2.75, 3.05) is 11.9 Å². The Labute approximate surface area is 131 Å². The average molecular weight is 404 g/mol. The van der Waals surface area contributed by atoms with E-state index in [9.17, 15) is 4.39 Å². The van der Waals surface area contributed by atoms with Gasteiger partial charge in [0, 0.05) is 11.4 Å². The minimum Gasteiger partial charge on any atom is -0.382 e. The average Bonchev–Trinajstić information content (AvgIpc) is 2.81. The summed E-state index contributed by atoms with van der Waals surface area (Å²) in [6.07, 6.45) is 0.827. The fourth-order valence-electron chi connectivity index (χ4n) is 1.58. The fraction of sp³-hybridized carbons (Fsp3) is 0.154. The summed E-state index contributed by atoms with van der Waals surface area (Å²) in [6, 6.07) is 9.15. The van der Waals surface area contributed by atoms with E-state index in [4.69, 9.17) is 5.26 Å². The summed E-state index contributed by atoms with van der Waals surface area (Å²) in [5.74, 6) is -0.425. The number of nitriles is 1. The van der Waals surface area contributed by atoms with Crippen molar-refractivity contribution < 1.29 is 4.39 Å². The monoisotopic (exact) mass is 402 g/mol. The van der Waals surface area contributed by atoms with Crippen molar-refractivity contribution in [3.05, 3.63) is 48.8 Å². The van der Waals surface area contributed by atoms with E-state index in [1.807, 2.05) is 18.2 Å². The Morgan fingerprint density at radius 2 is 2.05 bits per heavy atom. The first-order valence-corrected chi connectivity index (χ1v) is 7.88. The topological polar surface area (TPSA) is 35.8 Å². The zero-order valence-electron chi connectivity index (χ0n) is 9.71. The van der Waals surface area contributed by atoms with Gasteiger partial charge in [-0.25, -0.2) is 4.39 Å². The molecule has 0 saturated heterocycles. The second-order valence-corrected chi connectivity index (χ2v) is 7.12. The van der Waals surface area contributed by atoms with Crippen molar-refractivity contribution in [2.24, 2.45) is 0 Å². The molecule has 0 amide bonds. The maximum Gasteiger partial charge on any atom is 0.161 e. The standard InChI is InChI=1S/C13H9Br2FN2S/c14-11-4-2-9(19-11)5-6-18-10-3-1-8(7-17)12(15)13(10)16/h1-4,18H,5-6H2. The van der Waals surface area contributed by atoms with E-state index in [1.54, 1.807) is 23.5 Å². The van der Waals surface area contributed by atoms with E-state index in [0.29, 0.717) is 17.8 Å². The molecule has 98 valence electrons. The second kappa shape index (κ2) is 6.51. The van der Waals surface area contributed by atoms with E-state index in [2.05, 4.69) is 37.2 Å². The molecule has 0 unspecified atom stereocenters. The Balaban J connectivity index is 2.00. The normalized spacial score (nSPS) is 10.2. The number of nitrogens with one attached hydrogen (secondary N) is 1. The largest absolute Gasteiger partial charge is 0.382 e. The lowest BCUT2D eigenvalue weighted by atomic mass is 10.2. The molecule has 0 aliphatic heterocycles. The van der Waals surface area contributed by atoms with Crippen LogP contribution in [-0.2, 0) is 6.42 Å². The highest BCUT2D eigenvalue weighted by Gasteiger charge is 2.10. The van der Waals surface area contributed by atoms with Crippen molar-refractivity contribution in [3.63, 3.8) is 0 Å². The summed E-state index contributed by atoms with van der Waals surface area (Å²) < 4.78 is 15.2. The fourth-order valence-corrected chi connectivity index (χ4v) is 3.50. The summed E-state index contributed by atoms with van der Waals surface area (Å²) in [7, 11) is 0. The van der Waals surface area contributed by atoms with Gasteiger partial charge < -0.3 is 5.32 Å². The highest BCUT2D eigenvalue weighted by atomic mass is 79.9. The van der Waals surface area contributed by atoms with Gasteiger partial charge in [0.25, 0.3) is 0 Å². The smallest absolute Gasteiger partial charge is 0.161 e. The molecule has 2 nitrogen and oxygen atoms in total. The first-order chi connectivity index (χ1) is 9.11. The number of thiophene rings is 1. The van der Waals surface area contributed by atoms with E-state index >= 15 is 0 Å². The molecule has 0 spiro atoms. The lowest BCUT2D eigenvalue weighted by Crippen LogP contribution is -2.06. The van der Waals surface area contributed by atoms with Crippen molar-refractivity contribution in [1.82, 2.24) is 0 Å². The molecule has 2 rings (SSSR count). The van der Waals surface area contributed by atoms with E-state index in [1.165, 1.54) is 4.88 Å². The molecule has 1 N–H and O–H groups in total. The molecule has 1 heterocycles. The van der Waals surface area contributed by atoms with Crippen LogP contribution in [0.4, 0.5) is 10.1 Å². The van der Waals surface area contributed by atoms with Gasteiger partial charge in [0.1, 0.15) is 6.07 Å². The molecule has 19 heavy (non-hydrogen) atoms. The van der Waals surface area contributed by atoms with Gasteiger partial charge >= 0.3 is 0 Å². The Morgan fingerprint density at radius 1 is 1.26 bits per heavy atom. The zero-order valence-corrected chi connectivity index (χ0v) is 13.7. The summed E-state index contributed by atoms with van der Waals surface area (Å²) in [6.45, 7) is 0.641. The van der Waals surface area contributed by atoms with Crippen LogP contribution in [0.3, 0.4) is 0 Å². The summed E-state index contributed by atoms with van der Waals surface area (Å²) in [5, 5.41) is 11.8. The van der Waals surface area contributed by atoms with Gasteiger partial charge in [0.2, 0.25) is 0 Å². The first kappa shape index (κ1) is 14.5. The van der Waals surface area contributed by atoms with Crippen molar-refractivity contribution in [3.8, 4) is 6.07 Å². The molecule has 6 heteroatoms. The summed E-state index contributed by atoms with van der Waals surface area (Å²) >= 11 is 8.16. The first-order valence-electron chi connectivity index (χ1n) is 5.48. The Kier molecular flexibility index (Phi) is 4.97. The van der Waals surface area contributed by atoms with E-state index in [-0.39, 0.29) is 4.47 Å². The molecule has 1 aromatic heterocycles. The molecule has 0 aliphatic carbocycles. The highest BCUT2D eigenvalue weighted by molar-refractivity contribution is 9.11. The van der Waals surface area contributed by atoms with Gasteiger partial charge in [-0.3, -0.25) is 0 Å². The molecule has 0 radical (unpaired) electrons. The van der Waals surface area contributed by atoms with Crippen LogP contribution in [0.1, 0.15) is 10.4 Å². The molecule has 0 saturated carbocycles. The van der Waals surface area contributed by atoms with Crippen LogP contribution in [0.15, 0.2) is 32.5 Å². The van der Waals surface area contributed by atoms with Crippen molar-refractivity contribution >= 4 is 48.9 Å². The van der Waals surface area contributed by atoms with Crippen molar-refractivity contribution in [1.29, 1.82) is 5.26 Å². The third-order valence-electron chi connectivity index (χ3n) is 2.52. The number of hydrogen-bond acceptors (Lipinski definition) is 3. The number of rotatable bonds is 4. The van der Waals surface area contributed by atoms with Gasteiger partial charge in [-0.15, -0.1) is 11.3 Å². The molecule has 1 aromatic carbocycles. The number of nitrogens with zero attached hydrogens (tertiary/aromatic N) is 1. The molecule has 2 aromatic rings. The Hall–Kier alpha value is -0.900. The lowest BCUT2D eigenvalue weighted by Gasteiger charge is -2.08. The number of halogens is 3. The minimum absolute atomic E-state index is 0.207. The molecule has 0 aliphatic rings. The SMILES string of the molecule is N#Cc1ccc(NCCc2ccc(Br)s2)c(F)c1Br. The van der Waals surface area contributed by atoms with Crippen LogP contribution in [0, 0.1) is 17.1 Å². The Bertz CT molecular complexity index is 634. The predicted molar refractivity (Wildman–Crippen MR) is 83.0 cm³/mol. The highest BCUT2D eigenvalue weighted by Crippen LogP contribution is 2.27. The van der Waals surface area contributed by atoms with Crippen LogP contribution in [-0.4, -0.2) is 6.54 Å². The number of hydrogen-bond donors (Lipinski definition) is 1. The number of benzene rings is 1. The van der Waals surface area contributed by atoms with Crippen molar-refractivity contribution in [2.45, 2.75) is 6.42 Å². The summed E-state index contributed by atoms with van der Waals surface area (Å²) in [5.41, 5.74) is 0.701. The van der Waals surface area contributed by atoms with Crippen LogP contribution >= 0.6 is 43.2 Å². The van der Waals surface area contributed by atoms with Gasteiger partial charge in [-0.2, -0.15) is 5.26 Å².